The third kappa shape index (κ3) is 4.22. The van der Waals surface area contributed by atoms with E-state index in [0.29, 0.717) is 25.9 Å². The molecule has 0 saturated carbocycles. The molecule has 4 nitrogen and oxygen atoms in total. The number of pyridine rings is 1. The lowest BCUT2D eigenvalue weighted by atomic mass is 10.1. The summed E-state index contributed by atoms with van der Waals surface area (Å²) < 4.78 is 42.9. The number of halogens is 3. The molecule has 0 radical (unpaired) electrons. The summed E-state index contributed by atoms with van der Waals surface area (Å²) in [4.78, 5) is 17.1. The summed E-state index contributed by atoms with van der Waals surface area (Å²) in [7, 11) is 0. The molecule has 1 aromatic heterocycles. The first-order valence-corrected chi connectivity index (χ1v) is 7.01. The molecule has 0 spiro atoms. The van der Waals surface area contributed by atoms with Gasteiger partial charge in [0.25, 0.3) is 0 Å². The zero-order chi connectivity index (χ0) is 16.2. The molecular weight excluding hydrogens is 297 g/mol. The van der Waals surface area contributed by atoms with Crippen molar-refractivity contribution in [1.29, 1.82) is 0 Å². The van der Waals surface area contributed by atoms with E-state index in [2.05, 4.69) is 4.98 Å². The average Bonchev–Trinajstić information content (AvgIpc) is 2.48. The van der Waals surface area contributed by atoms with Crippen molar-refractivity contribution in [2.45, 2.75) is 32.0 Å². The maximum absolute atomic E-state index is 12.4. The summed E-state index contributed by atoms with van der Waals surface area (Å²) in [5, 5.41) is 0. The predicted octanol–water partition coefficient (Wildman–Crippen LogP) is 3.05. The second kappa shape index (κ2) is 6.81. The van der Waals surface area contributed by atoms with E-state index in [0.717, 1.165) is 12.3 Å². The highest BCUT2D eigenvalue weighted by molar-refractivity contribution is 5.87. The summed E-state index contributed by atoms with van der Waals surface area (Å²) >= 11 is 0. The Balaban J connectivity index is 1.87. The van der Waals surface area contributed by atoms with Crippen LogP contribution in [0.4, 0.5) is 13.2 Å². The highest BCUT2D eigenvalue weighted by atomic mass is 19.4. The molecule has 0 N–H and O–H groups in total. The number of likely N-dealkylation sites (tertiary alicyclic amines) is 1. The lowest BCUT2D eigenvalue weighted by molar-refractivity contribution is -0.137. The summed E-state index contributed by atoms with van der Waals surface area (Å²) in [5.74, 6) is 0.139. The van der Waals surface area contributed by atoms with Gasteiger partial charge in [-0.3, -0.25) is 4.79 Å². The number of aromatic nitrogens is 1. The molecule has 1 aromatic rings. The van der Waals surface area contributed by atoms with Crippen LogP contribution in [0.5, 0.6) is 5.88 Å². The number of carbonyl (C=O) groups excluding carboxylic acids is 1. The van der Waals surface area contributed by atoms with Crippen LogP contribution in [0, 0.1) is 0 Å². The summed E-state index contributed by atoms with van der Waals surface area (Å²) in [6, 6.07) is 2.17. The fourth-order valence-corrected chi connectivity index (χ4v) is 2.23. The fraction of sp³-hybridized carbons (Fsp3) is 0.467. The van der Waals surface area contributed by atoms with Crippen LogP contribution in [-0.4, -0.2) is 35.0 Å². The van der Waals surface area contributed by atoms with Crippen molar-refractivity contribution in [3.8, 4) is 5.88 Å². The van der Waals surface area contributed by atoms with Crippen molar-refractivity contribution in [2.75, 3.05) is 13.1 Å². The number of nitrogens with zero attached hydrogens (tertiary/aromatic N) is 2. The van der Waals surface area contributed by atoms with Crippen molar-refractivity contribution < 1.29 is 22.7 Å². The first-order valence-electron chi connectivity index (χ1n) is 7.01. The minimum Gasteiger partial charge on any atom is -0.474 e. The van der Waals surface area contributed by atoms with Crippen LogP contribution >= 0.6 is 0 Å². The minimum absolute atomic E-state index is 0.0337. The van der Waals surface area contributed by atoms with Gasteiger partial charge in [0.2, 0.25) is 11.8 Å². The van der Waals surface area contributed by atoms with Gasteiger partial charge in [-0.15, -0.1) is 0 Å². The van der Waals surface area contributed by atoms with Crippen LogP contribution in [0.25, 0.3) is 0 Å². The lowest BCUT2D eigenvalue weighted by Gasteiger charge is -2.31. The zero-order valence-corrected chi connectivity index (χ0v) is 12.1. The Bertz CT molecular complexity index is 533. The Labute approximate surface area is 126 Å². The number of rotatable bonds is 3. The maximum Gasteiger partial charge on any atom is 0.417 e. The Morgan fingerprint density at radius 3 is 2.55 bits per heavy atom. The van der Waals surface area contributed by atoms with Crippen molar-refractivity contribution in [3.05, 3.63) is 36.0 Å². The normalized spacial score (nSPS) is 17.0. The topological polar surface area (TPSA) is 42.4 Å². The van der Waals surface area contributed by atoms with Crippen LogP contribution < -0.4 is 4.74 Å². The van der Waals surface area contributed by atoms with Crippen molar-refractivity contribution in [1.82, 2.24) is 9.88 Å². The Morgan fingerprint density at radius 2 is 2.05 bits per heavy atom. The van der Waals surface area contributed by atoms with Crippen LogP contribution in [0.2, 0.25) is 0 Å². The fourth-order valence-electron chi connectivity index (χ4n) is 2.23. The van der Waals surface area contributed by atoms with E-state index in [4.69, 9.17) is 4.74 Å². The molecule has 0 aliphatic carbocycles. The van der Waals surface area contributed by atoms with E-state index in [1.165, 1.54) is 12.1 Å². The second-order valence-corrected chi connectivity index (χ2v) is 5.03. The summed E-state index contributed by atoms with van der Waals surface area (Å²) in [6.07, 6.45) is 0.691. The largest absolute Gasteiger partial charge is 0.474 e. The van der Waals surface area contributed by atoms with E-state index in [1.54, 1.807) is 17.9 Å². The van der Waals surface area contributed by atoms with Gasteiger partial charge in [-0.25, -0.2) is 4.98 Å². The molecule has 1 aliphatic rings. The number of allylic oxidation sites excluding steroid dienone is 1. The van der Waals surface area contributed by atoms with Gasteiger partial charge in [-0.05, 0) is 19.1 Å². The number of hydrogen-bond acceptors (Lipinski definition) is 3. The maximum atomic E-state index is 12.4. The van der Waals surface area contributed by atoms with Gasteiger partial charge in [0.1, 0.15) is 6.10 Å². The van der Waals surface area contributed by atoms with E-state index >= 15 is 0 Å². The van der Waals surface area contributed by atoms with Crippen LogP contribution in [0.1, 0.15) is 25.3 Å². The molecule has 7 heteroatoms. The standard InChI is InChI=1S/C15H17F3N2O2/c1-2-3-14(21)20-8-6-12(7-9-20)22-13-5-4-11(10-19-13)15(16,17)18/h2-5,10,12H,6-9H2,1H3/b3-2+. The molecule has 1 amide bonds. The summed E-state index contributed by atoms with van der Waals surface area (Å²) in [6.45, 7) is 2.91. The number of ether oxygens (including phenoxy) is 1. The number of alkyl halides is 3. The van der Waals surface area contributed by atoms with E-state index in [1.807, 2.05) is 0 Å². The molecule has 1 aliphatic heterocycles. The van der Waals surface area contributed by atoms with E-state index in [9.17, 15) is 18.0 Å². The SMILES string of the molecule is C/C=C/C(=O)N1CCC(Oc2ccc(C(F)(F)F)cn2)CC1. The number of carbonyl (C=O) groups is 1. The average molecular weight is 314 g/mol. The zero-order valence-electron chi connectivity index (χ0n) is 12.1. The van der Waals surface area contributed by atoms with Crippen LogP contribution in [0.3, 0.4) is 0 Å². The molecule has 0 aromatic carbocycles. The minimum atomic E-state index is -4.40. The Hall–Kier alpha value is -2.05. The highest BCUT2D eigenvalue weighted by Crippen LogP contribution is 2.29. The molecule has 1 fully saturated rings. The van der Waals surface area contributed by atoms with Crippen molar-refractivity contribution in [2.24, 2.45) is 0 Å². The van der Waals surface area contributed by atoms with Gasteiger partial charge in [-0.2, -0.15) is 13.2 Å². The van der Waals surface area contributed by atoms with E-state index < -0.39 is 11.7 Å². The summed E-state index contributed by atoms with van der Waals surface area (Å²) in [5.41, 5.74) is -0.799. The van der Waals surface area contributed by atoms with Gasteiger partial charge in [0, 0.05) is 38.2 Å². The Morgan fingerprint density at radius 1 is 1.36 bits per heavy atom. The van der Waals surface area contributed by atoms with Gasteiger partial charge in [-0.1, -0.05) is 6.08 Å². The molecular formula is C15H17F3N2O2. The molecule has 120 valence electrons. The molecule has 1 saturated heterocycles. The molecule has 0 unspecified atom stereocenters. The van der Waals surface area contributed by atoms with Crippen molar-refractivity contribution >= 4 is 5.91 Å². The van der Waals surface area contributed by atoms with E-state index in [-0.39, 0.29) is 17.9 Å². The highest BCUT2D eigenvalue weighted by Gasteiger charge is 2.31. The molecule has 22 heavy (non-hydrogen) atoms. The monoisotopic (exact) mass is 314 g/mol. The third-order valence-corrected chi connectivity index (χ3v) is 3.41. The number of hydrogen-bond donors (Lipinski definition) is 0. The second-order valence-electron chi connectivity index (χ2n) is 5.03. The molecule has 0 atom stereocenters. The molecule has 0 bridgehead atoms. The first-order chi connectivity index (χ1) is 10.4. The van der Waals surface area contributed by atoms with Gasteiger partial charge >= 0.3 is 6.18 Å². The molecule has 2 heterocycles. The van der Waals surface area contributed by atoms with Crippen LogP contribution in [0.15, 0.2) is 30.5 Å². The third-order valence-electron chi connectivity index (χ3n) is 3.41. The Kier molecular flexibility index (Phi) is 5.05. The first kappa shape index (κ1) is 16.3. The predicted molar refractivity (Wildman–Crippen MR) is 74.3 cm³/mol. The molecule has 2 rings (SSSR count). The number of piperidine rings is 1. The number of amides is 1. The lowest BCUT2D eigenvalue weighted by Crippen LogP contribution is -2.41. The van der Waals surface area contributed by atoms with Crippen molar-refractivity contribution in [3.63, 3.8) is 0 Å². The smallest absolute Gasteiger partial charge is 0.417 e. The van der Waals surface area contributed by atoms with Gasteiger partial charge < -0.3 is 9.64 Å². The van der Waals surface area contributed by atoms with Gasteiger partial charge in [0.15, 0.2) is 0 Å². The quantitative estimate of drug-likeness (QED) is 0.805. The van der Waals surface area contributed by atoms with Crippen LogP contribution in [-0.2, 0) is 11.0 Å². The van der Waals surface area contributed by atoms with Gasteiger partial charge in [0.05, 0.1) is 5.56 Å².